The van der Waals surface area contributed by atoms with Crippen molar-refractivity contribution in [3.63, 3.8) is 0 Å². The molecule has 31 heavy (non-hydrogen) atoms. The number of rotatable bonds is 3. The van der Waals surface area contributed by atoms with Crippen molar-refractivity contribution < 1.29 is 18.7 Å². The molecule has 1 aromatic carbocycles. The number of hydrogen-bond acceptors (Lipinski definition) is 6. The van der Waals surface area contributed by atoms with Crippen molar-refractivity contribution in [2.75, 3.05) is 12.4 Å². The molecule has 1 amide bonds. The minimum atomic E-state index is -0.718. The lowest BCUT2D eigenvalue weighted by Gasteiger charge is -2.33. The van der Waals surface area contributed by atoms with Gasteiger partial charge in [0.05, 0.1) is 12.7 Å². The number of carbonyl (C=O) groups excluding carboxylic acids is 2. The number of benzene rings is 1. The van der Waals surface area contributed by atoms with Gasteiger partial charge < -0.3 is 14.5 Å². The molecule has 0 saturated heterocycles. The normalized spacial score (nSPS) is 16.1. The molecule has 0 saturated carbocycles. The third-order valence-corrected chi connectivity index (χ3v) is 7.16. The van der Waals surface area contributed by atoms with Crippen LogP contribution < -0.4 is 10.9 Å². The molecule has 1 N–H and O–H groups in total. The number of amides is 1. The van der Waals surface area contributed by atoms with E-state index in [0.29, 0.717) is 27.5 Å². The van der Waals surface area contributed by atoms with Crippen LogP contribution in [-0.4, -0.2) is 19.0 Å². The summed E-state index contributed by atoms with van der Waals surface area (Å²) in [4.78, 5) is 39.0. The zero-order valence-electron chi connectivity index (χ0n) is 18.0. The predicted octanol–water partition coefficient (Wildman–Crippen LogP) is 5.04. The SMILES string of the molecule is COC(=O)c1c(NC(=O)c2cc3ccccc3oc2=O)sc2c1CC[C@@H](C(C)(C)C)C2. The maximum atomic E-state index is 13.0. The second-order valence-corrected chi connectivity index (χ2v) is 10.0. The number of para-hydroxylation sites is 1. The Labute approximate surface area is 184 Å². The van der Waals surface area contributed by atoms with Crippen LogP contribution in [0.5, 0.6) is 0 Å². The number of carbonyl (C=O) groups is 2. The fourth-order valence-electron chi connectivity index (χ4n) is 4.12. The van der Waals surface area contributed by atoms with Crippen LogP contribution in [-0.2, 0) is 17.6 Å². The largest absolute Gasteiger partial charge is 0.465 e. The fraction of sp³-hybridized carbons (Fsp3) is 0.375. The van der Waals surface area contributed by atoms with E-state index in [9.17, 15) is 14.4 Å². The molecule has 1 atom stereocenters. The van der Waals surface area contributed by atoms with Crippen LogP contribution in [0.3, 0.4) is 0 Å². The maximum absolute atomic E-state index is 13.0. The van der Waals surface area contributed by atoms with Gasteiger partial charge in [-0.25, -0.2) is 9.59 Å². The van der Waals surface area contributed by atoms with Gasteiger partial charge in [0.25, 0.3) is 5.91 Å². The van der Waals surface area contributed by atoms with Gasteiger partial charge in [-0.2, -0.15) is 0 Å². The molecule has 0 spiro atoms. The number of fused-ring (bicyclic) bond motifs is 2. The average molecular weight is 440 g/mol. The Hall–Kier alpha value is -2.93. The molecule has 0 bridgehead atoms. The summed E-state index contributed by atoms with van der Waals surface area (Å²) in [6.45, 7) is 6.66. The van der Waals surface area contributed by atoms with Crippen LogP contribution in [0.25, 0.3) is 11.0 Å². The molecule has 4 rings (SSSR count). The Morgan fingerprint density at radius 3 is 2.68 bits per heavy atom. The highest BCUT2D eigenvalue weighted by molar-refractivity contribution is 7.17. The number of thiophene rings is 1. The highest BCUT2D eigenvalue weighted by atomic mass is 32.1. The number of nitrogens with one attached hydrogen (secondary N) is 1. The monoisotopic (exact) mass is 439 g/mol. The van der Waals surface area contributed by atoms with Crippen molar-refractivity contribution in [3.8, 4) is 0 Å². The molecule has 0 unspecified atom stereocenters. The lowest BCUT2D eigenvalue weighted by molar-refractivity contribution is 0.0600. The zero-order chi connectivity index (χ0) is 22.3. The van der Waals surface area contributed by atoms with Gasteiger partial charge in [-0.1, -0.05) is 39.0 Å². The van der Waals surface area contributed by atoms with Gasteiger partial charge >= 0.3 is 11.6 Å². The summed E-state index contributed by atoms with van der Waals surface area (Å²) in [5.41, 5.74) is 1.09. The van der Waals surface area contributed by atoms with Gasteiger partial charge in [0.15, 0.2) is 0 Å². The molecule has 162 valence electrons. The van der Waals surface area contributed by atoms with Gasteiger partial charge in [-0.3, -0.25) is 4.79 Å². The van der Waals surface area contributed by atoms with E-state index in [1.54, 1.807) is 24.3 Å². The van der Waals surface area contributed by atoms with Crippen molar-refractivity contribution in [1.82, 2.24) is 0 Å². The molecular weight excluding hydrogens is 414 g/mol. The molecule has 2 aromatic heterocycles. The quantitative estimate of drug-likeness (QED) is 0.456. The first kappa shape index (κ1) is 21.3. The van der Waals surface area contributed by atoms with E-state index in [1.165, 1.54) is 24.5 Å². The second-order valence-electron chi connectivity index (χ2n) is 8.94. The Morgan fingerprint density at radius 2 is 1.97 bits per heavy atom. The number of methoxy groups -OCH3 is 1. The lowest BCUT2D eigenvalue weighted by Crippen LogP contribution is -2.26. The number of anilines is 1. The van der Waals surface area contributed by atoms with Gasteiger partial charge in [-0.15, -0.1) is 11.3 Å². The maximum Gasteiger partial charge on any atom is 0.349 e. The van der Waals surface area contributed by atoms with E-state index < -0.39 is 17.5 Å². The minimum Gasteiger partial charge on any atom is -0.465 e. The van der Waals surface area contributed by atoms with Crippen molar-refractivity contribution in [2.24, 2.45) is 11.3 Å². The van der Waals surface area contributed by atoms with Gasteiger partial charge in [-0.05, 0) is 48.3 Å². The molecule has 1 aliphatic carbocycles. The molecule has 0 aliphatic heterocycles. The Balaban J connectivity index is 1.71. The zero-order valence-corrected chi connectivity index (χ0v) is 18.9. The number of esters is 1. The highest BCUT2D eigenvalue weighted by Crippen LogP contribution is 2.44. The van der Waals surface area contributed by atoms with E-state index in [2.05, 4.69) is 26.1 Å². The van der Waals surface area contributed by atoms with E-state index >= 15 is 0 Å². The van der Waals surface area contributed by atoms with Crippen LogP contribution in [0.4, 0.5) is 5.00 Å². The van der Waals surface area contributed by atoms with Crippen LogP contribution in [0, 0.1) is 11.3 Å². The average Bonchev–Trinajstić information content (AvgIpc) is 3.08. The van der Waals surface area contributed by atoms with Crippen LogP contribution in [0.1, 0.15) is 58.3 Å². The van der Waals surface area contributed by atoms with Crippen LogP contribution in [0.15, 0.2) is 39.5 Å². The molecule has 2 heterocycles. The molecule has 0 radical (unpaired) electrons. The standard InChI is InChI=1S/C24H25NO5S/c1-24(2,3)14-9-10-15-18(12-14)31-21(19(15)23(28)29-4)25-20(26)16-11-13-7-5-6-8-17(13)30-22(16)27/h5-8,11,14H,9-10,12H2,1-4H3,(H,25,26)/t14-/m1/s1. The predicted molar refractivity (Wildman–Crippen MR) is 121 cm³/mol. The van der Waals surface area contributed by atoms with Crippen molar-refractivity contribution >= 4 is 39.2 Å². The minimum absolute atomic E-state index is 0.103. The van der Waals surface area contributed by atoms with Gasteiger partial charge in [0, 0.05) is 10.3 Å². The summed E-state index contributed by atoms with van der Waals surface area (Å²) in [6.07, 6.45) is 2.58. The summed E-state index contributed by atoms with van der Waals surface area (Å²) in [5, 5.41) is 3.85. The van der Waals surface area contributed by atoms with Crippen molar-refractivity contribution in [1.29, 1.82) is 0 Å². The summed E-state index contributed by atoms with van der Waals surface area (Å²) in [7, 11) is 1.33. The first-order valence-electron chi connectivity index (χ1n) is 10.3. The number of ether oxygens (including phenoxy) is 1. The molecule has 7 heteroatoms. The number of hydrogen-bond donors (Lipinski definition) is 1. The van der Waals surface area contributed by atoms with E-state index in [1.807, 2.05) is 0 Å². The summed E-state index contributed by atoms with van der Waals surface area (Å²) < 4.78 is 10.3. The summed E-state index contributed by atoms with van der Waals surface area (Å²) >= 11 is 1.39. The smallest absolute Gasteiger partial charge is 0.349 e. The lowest BCUT2D eigenvalue weighted by atomic mass is 9.72. The summed E-state index contributed by atoms with van der Waals surface area (Å²) in [5.74, 6) is -0.594. The fourth-order valence-corrected chi connectivity index (χ4v) is 5.43. The molecule has 1 aliphatic rings. The molecule has 6 nitrogen and oxygen atoms in total. The molecular formula is C24H25NO5S. The highest BCUT2D eigenvalue weighted by Gasteiger charge is 2.34. The summed E-state index contributed by atoms with van der Waals surface area (Å²) in [6, 6.07) is 8.52. The van der Waals surface area contributed by atoms with Gasteiger partial charge in [0.2, 0.25) is 0 Å². The van der Waals surface area contributed by atoms with Crippen molar-refractivity contribution in [2.45, 2.75) is 40.0 Å². The topological polar surface area (TPSA) is 85.6 Å². The van der Waals surface area contributed by atoms with Gasteiger partial charge in [0.1, 0.15) is 16.1 Å². The van der Waals surface area contributed by atoms with Crippen LogP contribution >= 0.6 is 11.3 Å². The third-order valence-electron chi connectivity index (χ3n) is 5.99. The van der Waals surface area contributed by atoms with Crippen molar-refractivity contribution in [3.05, 3.63) is 62.3 Å². The second kappa shape index (κ2) is 7.96. The third kappa shape index (κ3) is 4.02. The van der Waals surface area contributed by atoms with Crippen LogP contribution in [0.2, 0.25) is 0 Å². The van der Waals surface area contributed by atoms with E-state index in [0.717, 1.165) is 29.7 Å². The first-order valence-corrected chi connectivity index (χ1v) is 11.1. The van der Waals surface area contributed by atoms with E-state index in [4.69, 9.17) is 9.15 Å². The Morgan fingerprint density at radius 1 is 1.23 bits per heavy atom. The Kier molecular flexibility index (Phi) is 5.47. The van der Waals surface area contributed by atoms with E-state index in [-0.39, 0.29) is 11.0 Å². The first-order chi connectivity index (χ1) is 14.7. The molecule has 3 aromatic rings. The Bertz CT molecular complexity index is 1230. The molecule has 0 fully saturated rings.